The molecule has 0 bridgehead atoms. The van der Waals surface area contributed by atoms with Crippen LogP contribution in [0.15, 0.2) is 34.9 Å². The van der Waals surface area contributed by atoms with Crippen LogP contribution >= 0.6 is 0 Å². The predicted molar refractivity (Wildman–Crippen MR) is 71.1 cm³/mol. The van der Waals surface area contributed by atoms with E-state index in [0.29, 0.717) is 34.8 Å². The van der Waals surface area contributed by atoms with Crippen LogP contribution in [0.1, 0.15) is 28.6 Å². The Morgan fingerprint density at radius 2 is 1.89 bits per heavy atom. The number of ketones is 1. The topological polar surface area (TPSA) is 48.7 Å². The molecule has 0 aliphatic rings. The van der Waals surface area contributed by atoms with E-state index in [1.165, 1.54) is 6.26 Å². The van der Waals surface area contributed by atoms with Gasteiger partial charge in [-0.3, -0.25) is 4.79 Å². The highest BCUT2D eigenvalue weighted by Crippen LogP contribution is 2.29. The summed E-state index contributed by atoms with van der Waals surface area (Å²) in [5.74, 6) is 1.75. The van der Waals surface area contributed by atoms with E-state index in [-0.39, 0.29) is 5.78 Å². The maximum absolute atomic E-state index is 12.4. The van der Waals surface area contributed by atoms with Crippen molar-refractivity contribution in [2.75, 3.05) is 14.2 Å². The minimum atomic E-state index is -0.0773. The molecule has 0 saturated carbocycles. The van der Waals surface area contributed by atoms with Gasteiger partial charge in [0.25, 0.3) is 0 Å². The van der Waals surface area contributed by atoms with Crippen LogP contribution in [0.25, 0.3) is 0 Å². The van der Waals surface area contributed by atoms with Crippen LogP contribution in [0.2, 0.25) is 0 Å². The summed E-state index contributed by atoms with van der Waals surface area (Å²) in [6, 6.07) is 6.80. The number of hydrogen-bond donors (Lipinski definition) is 0. The lowest BCUT2D eigenvalue weighted by atomic mass is 10.0. The van der Waals surface area contributed by atoms with Crippen molar-refractivity contribution in [2.24, 2.45) is 0 Å². The highest BCUT2D eigenvalue weighted by molar-refractivity contribution is 6.09. The SMILES string of the molecule is CCc1occc1C(=O)c1ccc(OC)c(OC)c1. The Labute approximate surface area is 111 Å². The Bertz CT molecular complexity index is 584. The second kappa shape index (κ2) is 5.61. The van der Waals surface area contributed by atoms with Crippen molar-refractivity contribution in [3.8, 4) is 11.5 Å². The highest BCUT2D eigenvalue weighted by atomic mass is 16.5. The fraction of sp³-hybridized carbons (Fsp3) is 0.267. The summed E-state index contributed by atoms with van der Waals surface area (Å²) in [7, 11) is 3.10. The first-order valence-electron chi connectivity index (χ1n) is 6.04. The van der Waals surface area contributed by atoms with Crippen LogP contribution < -0.4 is 9.47 Å². The smallest absolute Gasteiger partial charge is 0.196 e. The third kappa shape index (κ3) is 2.47. The van der Waals surface area contributed by atoms with Gasteiger partial charge in [-0.25, -0.2) is 0 Å². The fourth-order valence-electron chi connectivity index (χ4n) is 1.95. The van der Waals surface area contributed by atoms with Crippen LogP contribution in [0, 0.1) is 0 Å². The summed E-state index contributed by atoms with van der Waals surface area (Å²) in [6.45, 7) is 1.95. The Morgan fingerprint density at radius 1 is 1.16 bits per heavy atom. The van der Waals surface area contributed by atoms with Crippen molar-refractivity contribution in [1.29, 1.82) is 0 Å². The molecule has 0 N–H and O–H groups in total. The normalized spacial score (nSPS) is 10.3. The first-order chi connectivity index (χ1) is 9.21. The van der Waals surface area contributed by atoms with Crippen molar-refractivity contribution < 1.29 is 18.7 Å². The molecule has 0 unspecified atom stereocenters. The highest BCUT2D eigenvalue weighted by Gasteiger charge is 2.17. The Morgan fingerprint density at radius 3 is 2.53 bits per heavy atom. The van der Waals surface area contributed by atoms with Gasteiger partial charge >= 0.3 is 0 Å². The Balaban J connectivity index is 2.39. The number of benzene rings is 1. The summed E-state index contributed by atoms with van der Waals surface area (Å²) in [4.78, 5) is 12.4. The molecule has 2 rings (SSSR count). The van der Waals surface area contributed by atoms with Gasteiger partial charge in [-0.15, -0.1) is 0 Å². The van der Waals surface area contributed by atoms with E-state index in [4.69, 9.17) is 13.9 Å². The van der Waals surface area contributed by atoms with E-state index in [2.05, 4.69) is 0 Å². The second-order valence-electron chi connectivity index (χ2n) is 4.01. The molecule has 19 heavy (non-hydrogen) atoms. The number of carbonyl (C=O) groups excluding carboxylic acids is 1. The lowest BCUT2D eigenvalue weighted by Crippen LogP contribution is -2.03. The molecule has 0 saturated heterocycles. The lowest BCUT2D eigenvalue weighted by molar-refractivity contribution is 0.103. The third-order valence-electron chi connectivity index (χ3n) is 2.96. The van der Waals surface area contributed by atoms with Gasteiger partial charge in [0, 0.05) is 12.0 Å². The summed E-state index contributed by atoms with van der Waals surface area (Å²) in [6.07, 6.45) is 2.22. The number of methoxy groups -OCH3 is 2. The number of carbonyl (C=O) groups is 1. The predicted octanol–water partition coefficient (Wildman–Crippen LogP) is 3.09. The van der Waals surface area contributed by atoms with Gasteiger partial charge in [-0.05, 0) is 24.3 Å². The van der Waals surface area contributed by atoms with Gasteiger partial charge in [-0.1, -0.05) is 6.92 Å². The first-order valence-corrected chi connectivity index (χ1v) is 6.04. The maximum Gasteiger partial charge on any atom is 0.196 e. The quantitative estimate of drug-likeness (QED) is 0.775. The van der Waals surface area contributed by atoms with E-state index in [9.17, 15) is 4.79 Å². The lowest BCUT2D eigenvalue weighted by Gasteiger charge is -2.09. The molecule has 0 amide bonds. The van der Waals surface area contributed by atoms with Crippen LogP contribution in [-0.4, -0.2) is 20.0 Å². The molecule has 0 spiro atoms. The second-order valence-corrected chi connectivity index (χ2v) is 4.01. The van der Waals surface area contributed by atoms with Crippen molar-refractivity contribution in [3.63, 3.8) is 0 Å². The molecule has 0 atom stereocenters. The zero-order valence-corrected chi connectivity index (χ0v) is 11.2. The van der Waals surface area contributed by atoms with Crippen LogP contribution in [0.4, 0.5) is 0 Å². The van der Waals surface area contributed by atoms with Gasteiger partial charge in [0.15, 0.2) is 17.3 Å². The molecule has 0 fully saturated rings. The molecule has 2 aromatic rings. The summed E-state index contributed by atoms with van der Waals surface area (Å²) in [5, 5.41) is 0. The summed E-state index contributed by atoms with van der Waals surface area (Å²) < 4.78 is 15.6. The van der Waals surface area contributed by atoms with Gasteiger partial charge in [0.2, 0.25) is 0 Å². The fourth-order valence-corrected chi connectivity index (χ4v) is 1.95. The van der Waals surface area contributed by atoms with Crippen LogP contribution in [-0.2, 0) is 6.42 Å². The number of hydrogen-bond acceptors (Lipinski definition) is 4. The van der Waals surface area contributed by atoms with Gasteiger partial charge in [0.1, 0.15) is 5.76 Å². The van der Waals surface area contributed by atoms with E-state index in [0.717, 1.165) is 0 Å². The molecule has 4 heteroatoms. The van der Waals surface area contributed by atoms with Crippen molar-refractivity contribution in [3.05, 3.63) is 47.4 Å². The van der Waals surface area contributed by atoms with Crippen LogP contribution in [0.3, 0.4) is 0 Å². The Hall–Kier alpha value is -2.23. The molecule has 1 aromatic carbocycles. The third-order valence-corrected chi connectivity index (χ3v) is 2.96. The minimum absolute atomic E-state index is 0.0773. The standard InChI is InChI=1S/C15H16O4/c1-4-12-11(7-8-19-12)15(16)10-5-6-13(17-2)14(9-10)18-3/h5-9H,4H2,1-3H3. The van der Waals surface area contributed by atoms with E-state index in [1.807, 2.05) is 6.92 Å². The number of rotatable bonds is 5. The molecule has 4 nitrogen and oxygen atoms in total. The number of furan rings is 1. The number of aryl methyl sites for hydroxylation is 1. The van der Waals surface area contributed by atoms with Crippen molar-refractivity contribution in [1.82, 2.24) is 0 Å². The largest absolute Gasteiger partial charge is 0.493 e. The minimum Gasteiger partial charge on any atom is -0.493 e. The molecule has 0 radical (unpaired) electrons. The average molecular weight is 260 g/mol. The van der Waals surface area contributed by atoms with E-state index >= 15 is 0 Å². The maximum atomic E-state index is 12.4. The Kier molecular flexibility index (Phi) is 3.90. The summed E-state index contributed by atoms with van der Waals surface area (Å²) >= 11 is 0. The zero-order chi connectivity index (χ0) is 13.8. The molecule has 0 aliphatic heterocycles. The number of ether oxygens (including phenoxy) is 2. The van der Waals surface area contributed by atoms with Gasteiger partial charge < -0.3 is 13.9 Å². The molecule has 100 valence electrons. The van der Waals surface area contributed by atoms with E-state index in [1.54, 1.807) is 38.5 Å². The summed E-state index contributed by atoms with van der Waals surface area (Å²) in [5.41, 5.74) is 1.14. The molecular weight excluding hydrogens is 244 g/mol. The zero-order valence-electron chi connectivity index (χ0n) is 11.2. The van der Waals surface area contributed by atoms with Crippen LogP contribution in [0.5, 0.6) is 11.5 Å². The van der Waals surface area contributed by atoms with E-state index < -0.39 is 0 Å². The van der Waals surface area contributed by atoms with Crippen molar-refractivity contribution in [2.45, 2.75) is 13.3 Å². The van der Waals surface area contributed by atoms with Gasteiger partial charge in [0.05, 0.1) is 26.0 Å². The molecule has 1 heterocycles. The first kappa shape index (κ1) is 13.2. The average Bonchev–Trinajstić information content (AvgIpc) is 2.94. The molecule has 0 aliphatic carbocycles. The van der Waals surface area contributed by atoms with Gasteiger partial charge in [-0.2, -0.15) is 0 Å². The van der Waals surface area contributed by atoms with Crippen molar-refractivity contribution >= 4 is 5.78 Å². The molecule has 1 aromatic heterocycles. The molecular formula is C15H16O4. The monoisotopic (exact) mass is 260 g/mol.